The molecule has 3 N–H and O–H groups in total. The van der Waals surface area contributed by atoms with Crippen molar-refractivity contribution in [3.63, 3.8) is 0 Å². The number of carbonyl (C=O) groups is 3. The van der Waals surface area contributed by atoms with E-state index in [0.717, 1.165) is 39.1 Å². The fraction of sp³-hybridized carbons (Fsp3) is 0.224. The number of anilines is 1. The fourth-order valence-corrected chi connectivity index (χ4v) is 7.83. The van der Waals surface area contributed by atoms with Gasteiger partial charge in [0.25, 0.3) is 0 Å². The first-order valence-corrected chi connectivity index (χ1v) is 21.1. The zero-order valence-corrected chi connectivity index (χ0v) is 36.2. The Balaban J connectivity index is 0.973. The standard InChI is InChI=1S/C49H44Cl2N4O8/c1-28-5-4-6-36(19-28)53-49(59)55-25-35-24-45-44(61-27-46(63-45)33-10-14-37(15-11-33)60-26-32-9-16-39(50)40(51)20-32)23-34(35)22-42(55)47(56)54-41(48(57)58)21-31-7-12-38(13-8-31)62-43-17-18-52-30(3)29(43)2/h4-20,23-24,41-42,46H,21-22,25-27H2,1-3H3,(H,53,59)(H,54,56)(H,57,58)/t41-,42-,46+/m0/s1. The van der Waals surface area contributed by atoms with Gasteiger partial charge in [0.1, 0.15) is 42.5 Å². The smallest absolute Gasteiger partial charge is 0.326 e. The molecule has 0 radical (unpaired) electrons. The Morgan fingerprint density at radius 3 is 2.35 bits per heavy atom. The number of pyridine rings is 1. The van der Waals surface area contributed by atoms with E-state index in [-0.39, 0.29) is 26.0 Å². The summed E-state index contributed by atoms with van der Waals surface area (Å²) in [5, 5.41) is 16.9. The molecule has 2 aliphatic heterocycles. The van der Waals surface area contributed by atoms with Crippen LogP contribution in [0.3, 0.4) is 0 Å². The molecule has 0 fully saturated rings. The predicted molar refractivity (Wildman–Crippen MR) is 239 cm³/mol. The van der Waals surface area contributed by atoms with Crippen LogP contribution in [-0.4, -0.2) is 51.6 Å². The summed E-state index contributed by atoms with van der Waals surface area (Å²) in [7, 11) is 0. The van der Waals surface area contributed by atoms with Gasteiger partial charge in [-0.15, -0.1) is 0 Å². The highest BCUT2D eigenvalue weighted by Gasteiger charge is 2.38. The maximum absolute atomic E-state index is 14.2. The van der Waals surface area contributed by atoms with Crippen molar-refractivity contribution in [1.82, 2.24) is 15.2 Å². The highest BCUT2D eigenvalue weighted by atomic mass is 35.5. The van der Waals surface area contributed by atoms with Crippen molar-refractivity contribution in [3.05, 3.63) is 170 Å². The third kappa shape index (κ3) is 10.1. The summed E-state index contributed by atoms with van der Waals surface area (Å²) < 4.78 is 24.7. The number of urea groups is 1. The molecule has 3 atom stereocenters. The molecule has 0 spiro atoms. The molecule has 1 aromatic heterocycles. The minimum absolute atomic E-state index is 0.00186. The van der Waals surface area contributed by atoms with Crippen LogP contribution in [0.15, 0.2) is 115 Å². The molecule has 63 heavy (non-hydrogen) atoms. The number of ether oxygens (including phenoxy) is 4. The summed E-state index contributed by atoms with van der Waals surface area (Å²) in [6.45, 7) is 6.35. The van der Waals surface area contributed by atoms with E-state index in [9.17, 15) is 19.5 Å². The number of aliphatic carboxylic acids is 1. The molecule has 5 aromatic carbocycles. The van der Waals surface area contributed by atoms with Gasteiger partial charge in [-0.1, -0.05) is 65.7 Å². The largest absolute Gasteiger partial charge is 0.489 e. The number of hydrogen-bond donors (Lipinski definition) is 3. The lowest BCUT2D eigenvalue weighted by molar-refractivity contribution is -0.142. The van der Waals surface area contributed by atoms with Crippen molar-refractivity contribution < 1.29 is 38.4 Å². The number of nitrogens with zero attached hydrogens (tertiary/aromatic N) is 2. The van der Waals surface area contributed by atoms with Crippen LogP contribution in [0.5, 0.6) is 28.7 Å². The number of fused-ring (bicyclic) bond motifs is 2. The van der Waals surface area contributed by atoms with Crippen molar-refractivity contribution >= 4 is 46.8 Å². The van der Waals surface area contributed by atoms with Gasteiger partial charge in [0.15, 0.2) is 17.6 Å². The van der Waals surface area contributed by atoms with Crippen LogP contribution in [0.2, 0.25) is 10.0 Å². The zero-order valence-electron chi connectivity index (χ0n) is 34.7. The molecule has 0 unspecified atom stereocenters. The van der Waals surface area contributed by atoms with E-state index >= 15 is 0 Å². The van der Waals surface area contributed by atoms with E-state index in [1.165, 1.54) is 4.90 Å². The molecule has 2 aliphatic rings. The van der Waals surface area contributed by atoms with Gasteiger partial charge in [0, 0.05) is 42.5 Å². The van der Waals surface area contributed by atoms with Gasteiger partial charge in [0.05, 0.1) is 10.0 Å². The number of aryl methyl sites for hydroxylation is 2. The molecule has 12 nitrogen and oxygen atoms in total. The molecule has 3 heterocycles. The lowest BCUT2D eigenvalue weighted by Gasteiger charge is -2.37. The van der Waals surface area contributed by atoms with Gasteiger partial charge in [-0.3, -0.25) is 9.78 Å². The number of halogens is 2. The van der Waals surface area contributed by atoms with Crippen LogP contribution in [0, 0.1) is 20.8 Å². The van der Waals surface area contributed by atoms with Crippen LogP contribution in [-0.2, 0) is 35.6 Å². The lowest BCUT2D eigenvalue weighted by atomic mass is 9.92. The van der Waals surface area contributed by atoms with E-state index in [0.29, 0.717) is 56.7 Å². The molecule has 0 aliphatic carbocycles. The minimum atomic E-state index is -1.28. The highest BCUT2D eigenvalue weighted by molar-refractivity contribution is 6.42. The van der Waals surface area contributed by atoms with Gasteiger partial charge < -0.3 is 39.6 Å². The third-order valence-corrected chi connectivity index (χ3v) is 11.9. The Morgan fingerprint density at radius 2 is 1.60 bits per heavy atom. The molecule has 0 bridgehead atoms. The minimum Gasteiger partial charge on any atom is -0.489 e. The molecular formula is C49H44Cl2N4O8. The normalized spacial score (nSPS) is 15.7. The number of hydrogen-bond acceptors (Lipinski definition) is 8. The second-order valence-electron chi connectivity index (χ2n) is 15.6. The number of aromatic nitrogens is 1. The molecule has 8 rings (SSSR count). The second-order valence-corrected chi connectivity index (χ2v) is 16.4. The molecule has 0 saturated heterocycles. The first-order chi connectivity index (χ1) is 30.4. The summed E-state index contributed by atoms with van der Waals surface area (Å²) in [6.07, 6.45) is 1.37. The Morgan fingerprint density at radius 1 is 0.857 bits per heavy atom. The first kappa shape index (κ1) is 42.9. The van der Waals surface area contributed by atoms with Gasteiger partial charge in [0.2, 0.25) is 5.91 Å². The topological polar surface area (TPSA) is 149 Å². The van der Waals surface area contributed by atoms with Crippen LogP contribution in [0.25, 0.3) is 0 Å². The number of carboxylic acid groups (broad SMARTS) is 1. The maximum Gasteiger partial charge on any atom is 0.326 e. The molecule has 14 heteroatoms. The van der Waals surface area contributed by atoms with Crippen LogP contribution in [0.1, 0.15) is 50.7 Å². The van der Waals surface area contributed by atoms with E-state index in [1.807, 2.05) is 81.4 Å². The summed E-state index contributed by atoms with van der Waals surface area (Å²) in [4.78, 5) is 46.6. The van der Waals surface area contributed by atoms with Crippen molar-refractivity contribution in [2.75, 3.05) is 11.9 Å². The van der Waals surface area contributed by atoms with Crippen LogP contribution >= 0.6 is 23.2 Å². The SMILES string of the molecule is Cc1cccc(NC(=O)N2Cc3cc4c(cc3C[C@H]2C(=O)N[C@@H](Cc2ccc(Oc3ccnc(C)c3C)cc2)C(=O)O)OC[C@H](c2ccc(OCc3ccc(Cl)c(Cl)c3)cc2)O4)c1. The van der Waals surface area contributed by atoms with E-state index in [1.54, 1.807) is 54.7 Å². The van der Waals surface area contributed by atoms with E-state index in [2.05, 4.69) is 15.6 Å². The number of nitrogens with one attached hydrogen (secondary N) is 2. The predicted octanol–water partition coefficient (Wildman–Crippen LogP) is 9.97. The molecular weight excluding hydrogens is 843 g/mol. The molecule has 3 amide bonds. The molecule has 322 valence electrons. The Kier molecular flexibility index (Phi) is 12.7. The van der Waals surface area contributed by atoms with Crippen molar-refractivity contribution in [2.24, 2.45) is 0 Å². The van der Waals surface area contributed by atoms with Gasteiger partial charge in [-0.2, -0.15) is 0 Å². The highest BCUT2D eigenvalue weighted by Crippen LogP contribution is 2.41. The third-order valence-electron chi connectivity index (χ3n) is 11.1. The number of amides is 3. The van der Waals surface area contributed by atoms with Crippen LogP contribution in [0.4, 0.5) is 10.5 Å². The number of carboxylic acids is 1. The van der Waals surface area contributed by atoms with Gasteiger partial charge in [-0.05, 0) is 121 Å². The van der Waals surface area contributed by atoms with Crippen molar-refractivity contribution in [2.45, 2.75) is 65.0 Å². The van der Waals surface area contributed by atoms with Gasteiger partial charge in [-0.25, -0.2) is 9.59 Å². The van der Waals surface area contributed by atoms with Gasteiger partial charge >= 0.3 is 12.0 Å². The molecule has 0 saturated carbocycles. The summed E-state index contributed by atoms with van der Waals surface area (Å²) in [6, 6.07) is 29.9. The quantitative estimate of drug-likeness (QED) is 0.109. The number of rotatable bonds is 12. The average molecular weight is 888 g/mol. The summed E-state index contributed by atoms with van der Waals surface area (Å²) in [5.74, 6) is 1.11. The Labute approximate surface area is 374 Å². The lowest BCUT2D eigenvalue weighted by Crippen LogP contribution is -2.56. The van der Waals surface area contributed by atoms with E-state index in [4.69, 9.17) is 42.1 Å². The number of carbonyl (C=O) groups excluding carboxylic acids is 2. The van der Waals surface area contributed by atoms with Crippen molar-refractivity contribution in [3.8, 4) is 28.7 Å². The Hall–Kier alpha value is -6.76. The monoisotopic (exact) mass is 886 g/mol. The fourth-order valence-electron chi connectivity index (χ4n) is 7.51. The Bertz CT molecular complexity index is 2680. The molecule has 6 aromatic rings. The second kappa shape index (κ2) is 18.7. The zero-order chi connectivity index (χ0) is 44.2. The van der Waals surface area contributed by atoms with Crippen LogP contribution < -0.4 is 29.6 Å². The average Bonchev–Trinajstić information content (AvgIpc) is 3.27. The summed E-state index contributed by atoms with van der Waals surface area (Å²) in [5.41, 5.74) is 7.26. The number of benzene rings is 5. The first-order valence-electron chi connectivity index (χ1n) is 20.3. The summed E-state index contributed by atoms with van der Waals surface area (Å²) >= 11 is 12.2. The van der Waals surface area contributed by atoms with Crippen molar-refractivity contribution in [1.29, 1.82) is 0 Å². The van der Waals surface area contributed by atoms with E-state index < -0.39 is 36.1 Å². The maximum atomic E-state index is 14.2.